The van der Waals surface area contributed by atoms with Crippen molar-refractivity contribution in [3.8, 4) is 22.8 Å². The van der Waals surface area contributed by atoms with Gasteiger partial charge in [-0.25, -0.2) is 0 Å². The molecule has 1 aromatic heterocycles. The lowest BCUT2D eigenvalue weighted by Crippen LogP contribution is -2.36. The Labute approximate surface area is 147 Å². The summed E-state index contributed by atoms with van der Waals surface area (Å²) in [6.07, 6.45) is 0. The summed E-state index contributed by atoms with van der Waals surface area (Å²) in [4.78, 5) is 0. The van der Waals surface area contributed by atoms with Gasteiger partial charge in [0.15, 0.2) is 5.69 Å². The van der Waals surface area contributed by atoms with Crippen LogP contribution < -0.4 is 9.30 Å². The third-order valence-corrected chi connectivity index (χ3v) is 5.65. The minimum atomic E-state index is 0.952. The van der Waals surface area contributed by atoms with Gasteiger partial charge in [0.1, 0.15) is 18.5 Å². The van der Waals surface area contributed by atoms with E-state index < -0.39 is 0 Å². The van der Waals surface area contributed by atoms with Gasteiger partial charge in [0.05, 0.1) is 10.9 Å². The summed E-state index contributed by atoms with van der Waals surface area (Å²) in [5.41, 5.74) is 6.23. The summed E-state index contributed by atoms with van der Waals surface area (Å²) >= 11 is 0. The van der Waals surface area contributed by atoms with Crippen LogP contribution in [0.4, 0.5) is 0 Å². The second-order valence-corrected chi connectivity index (χ2v) is 7.02. The predicted octanol–water partition coefficient (Wildman–Crippen LogP) is 5.52. The van der Waals surface area contributed by atoms with Crippen LogP contribution in [0.25, 0.3) is 32.8 Å². The summed E-state index contributed by atoms with van der Waals surface area (Å²) in [6, 6.07) is 17.2. The molecular weight excluding hydrogens is 306 g/mol. The number of fused-ring (bicyclic) bond motifs is 3. The molecule has 1 aliphatic heterocycles. The number of aromatic nitrogens is 1. The molecule has 2 nitrogen and oxygen atoms in total. The molecule has 3 aromatic carbocycles. The van der Waals surface area contributed by atoms with E-state index in [1.54, 1.807) is 0 Å². The molecule has 0 radical (unpaired) electrons. The molecule has 0 atom stereocenters. The number of pyridine rings is 1. The molecule has 1 aliphatic rings. The molecule has 0 fully saturated rings. The molecule has 25 heavy (non-hydrogen) atoms. The molecule has 5 rings (SSSR count). The van der Waals surface area contributed by atoms with Crippen LogP contribution in [0.1, 0.15) is 16.8 Å². The zero-order chi connectivity index (χ0) is 17.3. The van der Waals surface area contributed by atoms with Crippen molar-refractivity contribution < 1.29 is 9.30 Å². The van der Waals surface area contributed by atoms with Crippen LogP contribution >= 0.6 is 0 Å². The van der Waals surface area contributed by atoms with Crippen LogP contribution in [-0.2, 0) is 7.05 Å². The van der Waals surface area contributed by atoms with Crippen molar-refractivity contribution in [1.29, 1.82) is 0 Å². The molecule has 0 aliphatic carbocycles. The van der Waals surface area contributed by atoms with E-state index in [9.17, 15) is 0 Å². The van der Waals surface area contributed by atoms with Crippen LogP contribution in [0.2, 0.25) is 0 Å². The monoisotopic (exact) mass is 326 g/mol. The van der Waals surface area contributed by atoms with Gasteiger partial charge in [-0.05, 0) is 41.6 Å². The molecule has 0 saturated carbocycles. The maximum atomic E-state index is 6.45. The fraction of sp³-hybridized carbons (Fsp3) is 0.174. The van der Waals surface area contributed by atoms with E-state index in [1.807, 2.05) is 0 Å². The summed E-state index contributed by atoms with van der Waals surface area (Å²) in [7, 11) is 2.15. The maximum Gasteiger partial charge on any atom is 0.228 e. The van der Waals surface area contributed by atoms with Gasteiger partial charge < -0.3 is 4.74 Å². The number of hydrogen-bond donors (Lipinski definition) is 0. The average molecular weight is 326 g/mol. The smallest absolute Gasteiger partial charge is 0.228 e. The number of nitrogens with zero attached hydrogens (tertiary/aromatic N) is 1. The third-order valence-electron chi connectivity index (χ3n) is 5.65. The standard InChI is InChI=1S/C23H20NO/c1-13-12-16-8-7-11-19-21(16)22(24(13)4)20-14(2)17-9-5-6-10-18(17)15(3)23(20)25-19/h5-12H,1-4H3/q+1. The van der Waals surface area contributed by atoms with Gasteiger partial charge >= 0.3 is 0 Å². The Hall–Kier alpha value is -2.87. The van der Waals surface area contributed by atoms with Crippen LogP contribution in [0.5, 0.6) is 11.5 Å². The van der Waals surface area contributed by atoms with E-state index in [1.165, 1.54) is 49.6 Å². The molecule has 2 heteroatoms. The molecule has 0 N–H and O–H groups in total. The van der Waals surface area contributed by atoms with Crippen LogP contribution in [0.3, 0.4) is 0 Å². The van der Waals surface area contributed by atoms with Crippen LogP contribution in [0, 0.1) is 20.8 Å². The zero-order valence-electron chi connectivity index (χ0n) is 15.0. The highest BCUT2D eigenvalue weighted by Crippen LogP contribution is 2.50. The maximum absolute atomic E-state index is 6.45. The van der Waals surface area contributed by atoms with Gasteiger partial charge in [-0.15, -0.1) is 0 Å². The summed E-state index contributed by atoms with van der Waals surface area (Å²) in [6.45, 7) is 6.55. The number of ether oxygens (including phenoxy) is 1. The molecule has 0 saturated heterocycles. The van der Waals surface area contributed by atoms with Gasteiger partial charge in [0.25, 0.3) is 0 Å². The Balaban J connectivity index is 2.07. The predicted molar refractivity (Wildman–Crippen MR) is 102 cm³/mol. The van der Waals surface area contributed by atoms with Gasteiger partial charge in [0, 0.05) is 18.6 Å². The van der Waals surface area contributed by atoms with Crippen LogP contribution in [0.15, 0.2) is 48.5 Å². The lowest BCUT2D eigenvalue weighted by Gasteiger charge is -2.24. The molecule has 0 amide bonds. The third kappa shape index (κ3) is 1.77. The molecule has 0 bridgehead atoms. The first-order chi connectivity index (χ1) is 12.1. The average Bonchev–Trinajstić information content (AvgIpc) is 2.63. The van der Waals surface area contributed by atoms with Crippen molar-refractivity contribution in [2.75, 3.05) is 0 Å². The normalized spacial score (nSPS) is 12.3. The summed E-state index contributed by atoms with van der Waals surface area (Å²) in [5, 5.41) is 5.01. The Kier molecular flexibility index (Phi) is 2.79. The first-order valence-corrected chi connectivity index (χ1v) is 8.70. The van der Waals surface area contributed by atoms with Gasteiger partial charge in [-0.3, -0.25) is 0 Å². The fourth-order valence-electron chi connectivity index (χ4n) is 4.24. The summed E-state index contributed by atoms with van der Waals surface area (Å²) < 4.78 is 8.75. The van der Waals surface area contributed by atoms with Gasteiger partial charge in [-0.1, -0.05) is 36.4 Å². The van der Waals surface area contributed by atoms with E-state index in [4.69, 9.17) is 4.74 Å². The number of benzene rings is 3. The van der Waals surface area contributed by atoms with E-state index in [0.717, 1.165) is 11.5 Å². The van der Waals surface area contributed by atoms with Crippen LogP contribution in [-0.4, -0.2) is 0 Å². The molecule has 0 unspecified atom stereocenters. The van der Waals surface area contributed by atoms with Crippen molar-refractivity contribution in [2.45, 2.75) is 20.8 Å². The van der Waals surface area contributed by atoms with Crippen molar-refractivity contribution in [2.24, 2.45) is 7.05 Å². The minimum absolute atomic E-state index is 0.952. The van der Waals surface area contributed by atoms with Crippen molar-refractivity contribution >= 4 is 21.5 Å². The first kappa shape index (κ1) is 14.5. The Bertz CT molecular complexity index is 1200. The fourth-order valence-corrected chi connectivity index (χ4v) is 4.24. The molecule has 2 heterocycles. The minimum Gasteiger partial charge on any atom is -0.455 e. The molecule has 4 aromatic rings. The second-order valence-electron chi connectivity index (χ2n) is 7.02. The molecule has 122 valence electrons. The van der Waals surface area contributed by atoms with E-state index in [0.29, 0.717) is 0 Å². The highest BCUT2D eigenvalue weighted by atomic mass is 16.5. The number of hydrogen-bond acceptors (Lipinski definition) is 1. The Morgan fingerprint density at radius 1 is 0.840 bits per heavy atom. The molecule has 0 spiro atoms. The second kappa shape index (κ2) is 4.82. The van der Waals surface area contributed by atoms with E-state index in [2.05, 4.69) is 80.9 Å². The number of aryl methyl sites for hydroxylation is 3. The zero-order valence-corrected chi connectivity index (χ0v) is 15.0. The van der Waals surface area contributed by atoms with Crippen molar-refractivity contribution in [3.05, 3.63) is 65.4 Å². The highest BCUT2D eigenvalue weighted by Gasteiger charge is 2.32. The Morgan fingerprint density at radius 2 is 1.56 bits per heavy atom. The number of rotatable bonds is 0. The van der Waals surface area contributed by atoms with Gasteiger partial charge in [0.2, 0.25) is 5.69 Å². The van der Waals surface area contributed by atoms with Crippen molar-refractivity contribution in [3.63, 3.8) is 0 Å². The molecular formula is C23H20NO+. The first-order valence-electron chi connectivity index (χ1n) is 8.70. The highest BCUT2D eigenvalue weighted by molar-refractivity contribution is 6.06. The lowest BCUT2D eigenvalue weighted by atomic mass is 9.89. The largest absolute Gasteiger partial charge is 0.455 e. The SMILES string of the molecule is Cc1c2c(c(C)c3ccccc13)-c1c3c(cccc3cc(C)[n+]1C)O2. The van der Waals surface area contributed by atoms with E-state index >= 15 is 0 Å². The topological polar surface area (TPSA) is 13.1 Å². The Morgan fingerprint density at radius 3 is 2.32 bits per heavy atom. The lowest BCUT2D eigenvalue weighted by molar-refractivity contribution is -0.665. The van der Waals surface area contributed by atoms with Gasteiger partial charge in [-0.2, -0.15) is 4.57 Å². The van der Waals surface area contributed by atoms with E-state index in [-0.39, 0.29) is 0 Å². The quantitative estimate of drug-likeness (QED) is 0.342. The summed E-state index contributed by atoms with van der Waals surface area (Å²) in [5.74, 6) is 1.95. The van der Waals surface area contributed by atoms with Crippen molar-refractivity contribution in [1.82, 2.24) is 0 Å².